The standard InChI is InChI=1S/C20H21N3O4/c21-20(25)16-9-13-3-1-2-4-14(13)11-23(16)12-19(24)22-15-5-6-17-18(10-15)27-8-7-26-17/h1-6,10,16H,7-9,11-12H2,(H2,21,25)(H,22,24). The Morgan fingerprint density at radius 3 is 2.59 bits per heavy atom. The summed E-state index contributed by atoms with van der Waals surface area (Å²) in [5.41, 5.74) is 8.41. The average molecular weight is 367 g/mol. The number of benzene rings is 2. The van der Waals surface area contributed by atoms with Gasteiger partial charge in [0.25, 0.3) is 0 Å². The van der Waals surface area contributed by atoms with E-state index >= 15 is 0 Å². The van der Waals surface area contributed by atoms with Gasteiger partial charge in [0, 0.05) is 18.3 Å². The molecule has 1 atom stereocenters. The van der Waals surface area contributed by atoms with E-state index < -0.39 is 11.9 Å². The van der Waals surface area contributed by atoms with Gasteiger partial charge in [-0.05, 0) is 29.7 Å². The maximum atomic E-state index is 12.6. The fourth-order valence-electron chi connectivity index (χ4n) is 3.53. The van der Waals surface area contributed by atoms with Gasteiger partial charge < -0.3 is 20.5 Å². The van der Waals surface area contributed by atoms with Gasteiger partial charge in [-0.15, -0.1) is 0 Å². The minimum absolute atomic E-state index is 0.0797. The first-order valence-corrected chi connectivity index (χ1v) is 8.90. The van der Waals surface area contributed by atoms with Crippen molar-refractivity contribution in [3.8, 4) is 11.5 Å². The first-order chi connectivity index (χ1) is 13.1. The fourth-order valence-corrected chi connectivity index (χ4v) is 3.53. The Labute approximate surface area is 157 Å². The minimum atomic E-state index is -0.495. The van der Waals surface area contributed by atoms with Crippen LogP contribution in [0, 0.1) is 0 Å². The molecule has 140 valence electrons. The summed E-state index contributed by atoms with van der Waals surface area (Å²) >= 11 is 0. The molecule has 0 fully saturated rings. The summed E-state index contributed by atoms with van der Waals surface area (Å²) in [6.07, 6.45) is 0.517. The first-order valence-electron chi connectivity index (χ1n) is 8.90. The Morgan fingerprint density at radius 2 is 1.81 bits per heavy atom. The predicted octanol–water partition coefficient (Wildman–Crippen LogP) is 1.31. The normalized spacial score (nSPS) is 18.4. The Morgan fingerprint density at radius 1 is 1.07 bits per heavy atom. The third-order valence-corrected chi connectivity index (χ3v) is 4.85. The van der Waals surface area contributed by atoms with E-state index in [1.54, 1.807) is 18.2 Å². The van der Waals surface area contributed by atoms with Gasteiger partial charge in [0.2, 0.25) is 11.8 Å². The zero-order chi connectivity index (χ0) is 18.8. The number of hydrogen-bond donors (Lipinski definition) is 2. The van der Waals surface area contributed by atoms with Gasteiger partial charge in [-0.3, -0.25) is 14.5 Å². The SMILES string of the molecule is NC(=O)C1Cc2ccccc2CN1CC(=O)Nc1ccc2c(c1)OCCO2. The highest BCUT2D eigenvalue weighted by molar-refractivity contribution is 5.93. The molecule has 0 radical (unpaired) electrons. The Kier molecular flexibility index (Phi) is 4.68. The van der Waals surface area contributed by atoms with Gasteiger partial charge >= 0.3 is 0 Å². The molecule has 2 aliphatic rings. The van der Waals surface area contributed by atoms with E-state index in [0.717, 1.165) is 11.1 Å². The van der Waals surface area contributed by atoms with Crippen LogP contribution in [-0.2, 0) is 22.6 Å². The number of hydrogen-bond acceptors (Lipinski definition) is 5. The molecule has 1 unspecified atom stereocenters. The number of nitrogens with zero attached hydrogens (tertiary/aromatic N) is 1. The third-order valence-electron chi connectivity index (χ3n) is 4.85. The van der Waals surface area contributed by atoms with Crippen molar-refractivity contribution >= 4 is 17.5 Å². The Balaban J connectivity index is 1.46. The number of carbonyl (C=O) groups excluding carboxylic acids is 2. The van der Waals surface area contributed by atoms with Gasteiger partial charge in [0.05, 0.1) is 12.6 Å². The lowest BCUT2D eigenvalue weighted by Crippen LogP contribution is -2.50. The van der Waals surface area contributed by atoms with Gasteiger partial charge in [-0.2, -0.15) is 0 Å². The molecule has 2 amide bonds. The smallest absolute Gasteiger partial charge is 0.238 e. The van der Waals surface area contributed by atoms with Crippen LogP contribution < -0.4 is 20.5 Å². The fraction of sp³-hybridized carbons (Fsp3) is 0.300. The molecule has 0 saturated carbocycles. The molecule has 0 spiro atoms. The zero-order valence-electron chi connectivity index (χ0n) is 14.8. The number of ether oxygens (including phenoxy) is 2. The molecule has 7 nitrogen and oxygen atoms in total. The molecule has 2 aromatic carbocycles. The van der Waals surface area contributed by atoms with E-state index in [1.807, 2.05) is 29.2 Å². The lowest BCUT2D eigenvalue weighted by Gasteiger charge is -2.34. The summed E-state index contributed by atoms with van der Waals surface area (Å²) in [6, 6.07) is 12.7. The van der Waals surface area contributed by atoms with Crippen molar-refractivity contribution in [1.29, 1.82) is 0 Å². The molecule has 0 aromatic heterocycles. The summed E-state index contributed by atoms with van der Waals surface area (Å²) in [7, 11) is 0. The molecular weight excluding hydrogens is 346 g/mol. The molecule has 2 heterocycles. The highest BCUT2D eigenvalue weighted by Crippen LogP contribution is 2.32. The second-order valence-electron chi connectivity index (χ2n) is 6.70. The Bertz CT molecular complexity index is 883. The van der Waals surface area contributed by atoms with Crippen molar-refractivity contribution in [1.82, 2.24) is 4.90 Å². The van der Waals surface area contributed by atoms with E-state index in [2.05, 4.69) is 5.32 Å². The maximum absolute atomic E-state index is 12.6. The number of rotatable bonds is 4. The van der Waals surface area contributed by atoms with Crippen molar-refractivity contribution < 1.29 is 19.1 Å². The quantitative estimate of drug-likeness (QED) is 0.850. The zero-order valence-corrected chi connectivity index (χ0v) is 14.8. The highest BCUT2D eigenvalue weighted by atomic mass is 16.6. The van der Waals surface area contributed by atoms with Crippen LogP contribution in [0.25, 0.3) is 0 Å². The van der Waals surface area contributed by atoms with Gasteiger partial charge in [0.15, 0.2) is 11.5 Å². The van der Waals surface area contributed by atoms with Crippen molar-refractivity contribution in [2.45, 2.75) is 19.0 Å². The van der Waals surface area contributed by atoms with Crippen LogP contribution >= 0.6 is 0 Å². The average Bonchev–Trinajstić information content (AvgIpc) is 2.67. The largest absolute Gasteiger partial charge is 0.486 e. The number of primary amides is 1. The topological polar surface area (TPSA) is 93.9 Å². The number of nitrogens with two attached hydrogens (primary N) is 1. The number of carbonyl (C=O) groups is 2. The highest BCUT2D eigenvalue weighted by Gasteiger charge is 2.31. The van der Waals surface area contributed by atoms with Crippen molar-refractivity contribution in [2.75, 3.05) is 25.1 Å². The van der Waals surface area contributed by atoms with Gasteiger partial charge in [0.1, 0.15) is 13.2 Å². The maximum Gasteiger partial charge on any atom is 0.238 e. The van der Waals surface area contributed by atoms with Crippen LogP contribution in [0.4, 0.5) is 5.69 Å². The molecule has 3 N–H and O–H groups in total. The summed E-state index contributed by atoms with van der Waals surface area (Å²) < 4.78 is 11.0. The van der Waals surface area contributed by atoms with E-state index in [9.17, 15) is 9.59 Å². The summed E-state index contributed by atoms with van der Waals surface area (Å²) in [5.74, 6) is 0.649. The van der Waals surface area contributed by atoms with E-state index in [-0.39, 0.29) is 12.5 Å². The first kappa shape index (κ1) is 17.4. The number of amides is 2. The lowest BCUT2D eigenvalue weighted by atomic mass is 9.93. The molecule has 2 aromatic rings. The molecule has 0 aliphatic carbocycles. The monoisotopic (exact) mass is 367 g/mol. The summed E-state index contributed by atoms with van der Waals surface area (Å²) in [4.78, 5) is 26.3. The number of fused-ring (bicyclic) bond motifs is 2. The second-order valence-corrected chi connectivity index (χ2v) is 6.70. The number of nitrogens with one attached hydrogen (secondary N) is 1. The van der Waals surface area contributed by atoms with Crippen LogP contribution in [0.3, 0.4) is 0 Å². The van der Waals surface area contributed by atoms with Gasteiger partial charge in [-0.1, -0.05) is 24.3 Å². The second kappa shape index (κ2) is 7.28. The van der Waals surface area contributed by atoms with Crippen molar-refractivity contribution in [3.05, 3.63) is 53.6 Å². The van der Waals surface area contributed by atoms with E-state index in [0.29, 0.717) is 43.4 Å². The molecule has 0 bridgehead atoms. The van der Waals surface area contributed by atoms with Gasteiger partial charge in [-0.25, -0.2) is 0 Å². The summed E-state index contributed by atoms with van der Waals surface area (Å²) in [6.45, 7) is 1.59. The molecule has 0 saturated heterocycles. The van der Waals surface area contributed by atoms with Crippen molar-refractivity contribution in [3.63, 3.8) is 0 Å². The lowest BCUT2D eigenvalue weighted by molar-refractivity contribution is -0.125. The van der Waals surface area contributed by atoms with E-state index in [4.69, 9.17) is 15.2 Å². The summed E-state index contributed by atoms with van der Waals surface area (Å²) in [5, 5.41) is 2.85. The van der Waals surface area contributed by atoms with Crippen LogP contribution in [0.1, 0.15) is 11.1 Å². The molecule has 4 rings (SSSR count). The number of anilines is 1. The molecule has 27 heavy (non-hydrogen) atoms. The Hall–Kier alpha value is -3.06. The van der Waals surface area contributed by atoms with Crippen LogP contribution in [0.5, 0.6) is 11.5 Å². The van der Waals surface area contributed by atoms with Crippen molar-refractivity contribution in [2.24, 2.45) is 5.73 Å². The van der Waals surface area contributed by atoms with Crippen LogP contribution in [0.15, 0.2) is 42.5 Å². The van der Waals surface area contributed by atoms with E-state index in [1.165, 1.54) is 0 Å². The molecule has 2 aliphatic heterocycles. The van der Waals surface area contributed by atoms with Crippen LogP contribution in [-0.4, -0.2) is 42.5 Å². The predicted molar refractivity (Wildman–Crippen MR) is 99.6 cm³/mol. The minimum Gasteiger partial charge on any atom is -0.486 e. The van der Waals surface area contributed by atoms with Crippen LogP contribution in [0.2, 0.25) is 0 Å². The molecular formula is C20H21N3O4. The molecule has 7 heteroatoms. The third kappa shape index (κ3) is 3.73.